The highest BCUT2D eigenvalue weighted by Gasteiger charge is 2.39. The van der Waals surface area contributed by atoms with Crippen LogP contribution in [0.2, 0.25) is 0 Å². The van der Waals surface area contributed by atoms with Crippen LogP contribution in [0.25, 0.3) is 0 Å². The highest BCUT2D eigenvalue weighted by atomic mass is 16.3. The molecule has 1 aliphatic carbocycles. The summed E-state index contributed by atoms with van der Waals surface area (Å²) in [7, 11) is 0. The van der Waals surface area contributed by atoms with Crippen molar-refractivity contribution in [2.45, 2.75) is 37.8 Å². The second kappa shape index (κ2) is 3.87. The van der Waals surface area contributed by atoms with Crippen molar-refractivity contribution in [3.63, 3.8) is 0 Å². The SMILES string of the molecule is O=C1CC(O)CN1C1CCCC1CO. The average molecular weight is 199 g/mol. The third-order valence-electron chi connectivity index (χ3n) is 3.39. The van der Waals surface area contributed by atoms with Crippen LogP contribution in [0, 0.1) is 5.92 Å². The molecule has 3 atom stereocenters. The molecule has 2 N–H and O–H groups in total. The molecule has 0 aromatic heterocycles. The van der Waals surface area contributed by atoms with Crippen LogP contribution in [-0.2, 0) is 4.79 Å². The Hall–Kier alpha value is -0.610. The number of hydrogen-bond donors (Lipinski definition) is 2. The van der Waals surface area contributed by atoms with Crippen LogP contribution in [0.1, 0.15) is 25.7 Å². The van der Waals surface area contributed by atoms with E-state index in [1.807, 2.05) is 0 Å². The minimum Gasteiger partial charge on any atom is -0.396 e. The molecule has 0 aromatic carbocycles. The summed E-state index contributed by atoms with van der Waals surface area (Å²) in [5.74, 6) is 0.270. The zero-order chi connectivity index (χ0) is 10.1. The lowest BCUT2D eigenvalue weighted by atomic mass is 10.0. The molecular formula is C10H17NO3. The Morgan fingerprint density at radius 1 is 1.43 bits per heavy atom. The van der Waals surface area contributed by atoms with Gasteiger partial charge in [-0.25, -0.2) is 0 Å². The molecule has 1 aliphatic heterocycles. The van der Waals surface area contributed by atoms with E-state index in [1.165, 1.54) is 0 Å². The van der Waals surface area contributed by atoms with Crippen LogP contribution in [0.4, 0.5) is 0 Å². The largest absolute Gasteiger partial charge is 0.396 e. The van der Waals surface area contributed by atoms with Crippen LogP contribution in [0.5, 0.6) is 0 Å². The monoisotopic (exact) mass is 199 g/mol. The molecule has 4 heteroatoms. The third-order valence-corrected chi connectivity index (χ3v) is 3.39. The number of aliphatic hydroxyl groups is 2. The zero-order valence-corrected chi connectivity index (χ0v) is 8.22. The maximum absolute atomic E-state index is 11.5. The van der Waals surface area contributed by atoms with E-state index in [0.29, 0.717) is 6.54 Å². The first kappa shape index (κ1) is 9.93. The smallest absolute Gasteiger partial charge is 0.225 e. The van der Waals surface area contributed by atoms with Crippen LogP contribution >= 0.6 is 0 Å². The van der Waals surface area contributed by atoms with Gasteiger partial charge in [0.25, 0.3) is 0 Å². The van der Waals surface area contributed by atoms with Crippen molar-refractivity contribution in [2.24, 2.45) is 5.92 Å². The number of nitrogens with zero attached hydrogens (tertiary/aromatic N) is 1. The maximum Gasteiger partial charge on any atom is 0.225 e. The first-order valence-electron chi connectivity index (χ1n) is 5.30. The number of carbonyl (C=O) groups excluding carboxylic acids is 1. The van der Waals surface area contributed by atoms with Gasteiger partial charge >= 0.3 is 0 Å². The fraction of sp³-hybridized carbons (Fsp3) is 0.900. The van der Waals surface area contributed by atoms with E-state index < -0.39 is 6.10 Å². The molecule has 2 fully saturated rings. The molecule has 2 aliphatic rings. The Kier molecular flexibility index (Phi) is 2.74. The molecule has 0 radical (unpaired) electrons. The van der Waals surface area contributed by atoms with Gasteiger partial charge in [0, 0.05) is 25.1 Å². The zero-order valence-electron chi connectivity index (χ0n) is 8.22. The molecule has 1 saturated carbocycles. The summed E-state index contributed by atoms with van der Waals surface area (Å²) in [4.78, 5) is 13.3. The van der Waals surface area contributed by atoms with Crippen molar-refractivity contribution >= 4 is 5.91 Å². The van der Waals surface area contributed by atoms with E-state index in [4.69, 9.17) is 5.11 Å². The van der Waals surface area contributed by atoms with Gasteiger partial charge in [-0.3, -0.25) is 4.79 Å². The van der Waals surface area contributed by atoms with E-state index in [2.05, 4.69) is 0 Å². The van der Waals surface area contributed by atoms with Crippen molar-refractivity contribution in [2.75, 3.05) is 13.2 Å². The lowest BCUT2D eigenvalue weighted by molar-refractivity contribution is -0.130. The minimum atomic E-state index is -0.498. The molecule has 1 heterocycles. The van der Waals surface area contributed by atoms with Crippen molar-refractivity contribution < 1.29 is 15.0 Å². The third kappa shape index (κ3) is 1.64. The van der Waals surface area contributed by atoms with E-state index in [1.54, 1.807) is 4.90 Å². The Labute approximate surface area is 83.5 Å². The van der Waals surface area contributed by atoms with Crippen molar-refractivity contribution in [1.82, 2.24) is 4.90 Å². The van der Waals surface area contributed by atoms with E-state index >= 15 is 0 Å². The Bertz CT molecular complexity index is 231. The predicted molar refractivity (Wildman–Crippen MR) is 50.6 cm³/mol. The van der Waals surface area contributed by atoms with Gasteiger partial charge in [0.15, 0.2) is 0 Å². The maximum atomic E-state index is 11.5. The van der Waals surface area contributed by atoms with Crippen LogP contribution in [0.15, 0.2) is 0 Å². The Morgan fingerprint density at radius 3 is 2.79 bits per heavy atom. The molecule has 0 aromatic rings. The molecule has 80 valence electrons. The second-order valence-corrected chi connectivity index (χ2v) is 4.34. The number of β-amino-alcohol motifs (C(OH)–C–C–N with tert-alkyl or cyclic N) is 1. The van der Waals surface area contributed by atoms with Gasteiger partial charge in [-0.1, -0.05) is 6.42 Å². The van der Waals surface area contributed by atoms with Gasteiger partial charge in [-0.05, 0) is 12.8 Å². The summed E-state index contributed by atoms with van der Waals surface area (Å²) < 4.78 is 0. The van der Waals surface area contributed by atoms with Gasteiger partial charge in [0.05, 0.1) is 12.5 Å². The first-order chi connectivity index (χ1) is 6.72. The fourth-order valence-electron chi connectivity index (χ4n) is 2.67. The molecule has 2 rings (SSSR count). The molecule has 4 nitrogen and oxygen atoms in total. The second-order valence-electron chi connectivity index (χ2n) is 4.34. The van der Waals surface area contributed by atoms with Crippen molar-refractivity contribution in [1.29, 1.82) is 0 Å². The van der Waals surface area contributed by atoms with E-state index in [0.717, 1.165) is 19.3 Å². The fourth-order valence-corrected chi connectivity index (χ4v) is 2.67. The molecule has 0 bridgehead atoms. The number of likely N-dealkylation sites (tertiary alicyclic amines) is 1. The van der Waals surface area contributed by atoms with Gasteiger partial charge in [0.1, 0.15) is 0 Å². The van der Waals surface area contributed by atoms with Crippen LogP contribution < -0.4 is 0 Å². The van der Waals surface area contributed by atoms with Crippen LogP contribution in [0.3, 0.4) is 0 Å². The normalized spacial score (nSPS) is 38.3. The Balaban J connectivity index is 2.03. The average Bonchev–Trinajstić information content (AvgIpc) is 2.71. The summed E-state index contributed by atoms with van der Waals surface area (Å²) in [5.41, 5.74) is 0. The van der Waals surface area contributed by atoms with Gasteiger partial charge < -0.3 is 15.1 Å². The number of rotatable bonds is 2. The van der Waals surface area contributed by atoms with Crippen molar-refractivity contribution in [3.8, 4) is 0 Å². The summed E-state index contributed by atoms with van der Waals surface area (Å²) >= 11 is 0. The summed E-state index contributed by atoms with van der Waals surface area (Å²) in [6, 6.07) is 0.171. The summed E-state index contributed by atoms with van der Waals surface area (Å²) in [5, 5.41) is 18.5. The molecule has 1 saturated heterocycles. The number of aliphatic hydroxyl groups excluding tert-OH is 2. The van der Waals surface area contributed by atoms with Gasteiger partial charge in [-0.15, -0.1) is 0 Å². The number of amides is 1. The van der Waals surface area contributed by atoms with E-state index in [9.17, 15) is 9.90 Å². The topological polar surface area (TPSA) is 60.8 Å². The first-order valence-corrected chi connectivity index (χ1v) is 5.30. The van der Waals surface area contributed by atoms with Gasteiger partial charge in [0.2, 0.25) is 5.91 Å². The quantitative estimate of drug-likeness (QED) is 0.644. The standard InChI is InChI=1S/C10H17NO3/c12-6-7-2-1-3-9(7)11-5-8(13)4-10(11)14/h7-9,12-13H,1-6H2. The molecule has 1 amide bonds. The molecule has 14 heavy (non-hydrogen) atoms. The Morgan fingerprint density at radius 2 is 2.21 bits per heavy atom. The highest BCUT2D eigenvalue weighted by Crippen LogP contribution is 2.32. The lowest BCUT2D eigenvalue weighted by Crippen LogP contribution is -2.40. The van der Waals surface area contributed by atoms with Gasteiger partial charge in [-0.2, -0.15) is 0 Å². The van der Waals surface area contributed by atoms with Crippen molar-refractivity contribution in [3.05, 3.63) is 0 Å². The van der Waals surface area contributed by atoms with Crippen LogP contribution in [-0.4, -0.2) is 46.3 Å². The molecule has 0 spiro atoms. The highest BCUT2D eigenvalue weighted by molar-refractivity contribution is 5.79. The minimum absolute atomic E-state index is 0.0443. The summed E-state index contributed by atoms with van der Waals surface area (Å²) in [6.07, 6.45) is 2.82. The number of hydrogen-bond acceptors (Lipinski definition) is 3. The molecular weight excluding hydrogens is 182 g/mol. The number of carbonyl (C=O) groups is 1. The predicted octanol–water partition coefficient (Wildman–Crippen LogP) is -0.259. The lowest BCUT2D eigenvalue weighted by Gasteiger charge is -2.28. The summed E-state index contributed by atoms with van der Waals surface area (Å²) in [6.45, 7) is 0.616. The molecule has 3 unspecified atom stereocenters. The van der Waals surface area contributed by atoms with E-state index in [-0.39, 0.29) is 30.9 Å².